The molecule has 144 valence electrons. The number of rotatable bonds is 5. The molecule has 1 saturated carbocycles. The molecule has 8 heteroatoms. The van der Waals surface area contributed by atoms with E-state index in [4.69, 9.17) is 21.6 Å². The average molecular weight is 500 g/mol. The zero-order valence-corrected chi connectivity index (χ0v) is 18.1. The fraction of sp³-hybridized carbons (Fsp3) is 0.421. The number of hydrogen-bond donors (Lipinski definition) is 1. The first kappa shape index (κ1) is 20.0. The summed E-state index contributed by atoms with van der Waals surface area (Å²) >= 11 is 6.04. The molecular weight excluding hydrogens is 479 g/mol. The third-order valence-corrected chi connectivity index (χ3v) is 6.75. The summed E-state index contributed by atoms with van der Waals surface area (Å²) in [5.41, 5.74) is 1.88. The van der Waals surface area contributed by atoms with Crippen molar-refractivity contribution in [2.45, 2.75) is 44.8 Å². The Labute approximate surface area is 174 Å². The number of nitrogens with zero attached hydrogens (tertiary/aromatic N) is 3. The van der Waals surface area contributed by atoms with Crippen LogP contribution in [0.2, 0.25) is 5.02 Å². The molecule has 1 N–H and O–H groups in total. The summed E-state index contributed by atoms with van der Waals surface area (Å²) in [6.45, 7) is 1.86. The van der Waals surface area contributed by atoms with Crippen LogP contribution < -0.4 is 31.5 Å². The van der Waals surface area contributed by atoms with E-state index in [2.05, 4.69) is 21.4 Å². The summed E-state index contributed by atoms with van der Waals surface area (Å²) in [6.07, 6.45) is 7.00. The maximum absolute atomic E-state index is 12.3. The van der Waals surface area contributed by atoms with Crippen LogP contribution in [0.4, 0.5) is 0 Å². The molecule has 1 fully saturated rings. The van der Waals surface area contributed by atoms with Gasteiger partial charge in [0.15, 0.2) is 0 Å². The van der Waals surface area contributed by atoms with Crippen LogP contribution >= 0.6 is 11.6 Å². The summed E-state index contributed by atoms with van der Waals surface area (Å²) in [5.74, 6) is 0.666. The van der Waals surface area contributed by atoms with Crippen molar-refractivity contribution < 1.29 is 31.0 Å². The number of amides is 1. The Morgan fingerprint density at radius 3 is 2.78 bits per heavy atom. The van der Waals surface area contributed by atoms with Crippen molar-refractivity contribution in [2.75, 3.05) is 4.93 Å². The van der Waals surface area contributed by atoms with Gasteiger partial charge in [-0.05, 0) is 13.0 Å². The first-order valence-corrected chi connectivity index (χ1v) is 12.2. The van der Waals surface area contributed by atoms with Gasteiger partial charge < -0.3 is 0 Å². The molecule has 0 bridgehead atoms. The van der Waals surface area contributed by atoms with Crippen molar-refractivity contribution in [3.63, 3.8) is 0 Å². The Kier molecular flexibility index (Phi) is 6.60. The van der Waals surface area contributed by atoms with E-state index in [0.29, 0.717) is 16.1 Å². The normalized spacial score (nSPS) is 19.5. The van der Waals surface area contributed by atoms with Crippen LogP contribution in [0.5, 0.6) is 5.75 Å². The number of carbonyl (C=O) groups is 1. The van der Waals surface area contributed by atoms with E-state index in [0.717, 1.165) is 37.0 Å². The standard InChI is InChI=1S/C19H21ClIN4O2/c1-12-17(8-3-13(9-22)18(12)20)27-16-6-4-15(5-7-16)24-19(26)14-10-23-25(11-14)21-2/h3,8,10-11,15-16H,4-7H2,1-2H3,(H,24,26)/q-1. The quantitative estimate of drug-likeness (QED) is 0.475. The molecular formula is C19H21ClIN4O2-. The van der Waals surface area contributed by atoms with Crippen molar-refractivity contribution >= 4 is 17.5 Å². The first-order valence-electron chi connectivity index (χ1n) is 8.73. The van der Waals surface area contributed by atoms with Gasteiger partial charge in [0.25, 0.3) is 0 Å². The van der Waals surface area contributed by atoms with Crippen molar-refractivity contribution in [3.05, 3.63) is 46.2 Å². The predicted octanol–water partition coefficient (Wildman–Crippen LogP) is 0.319. The molecule has 3 rings (SSSR count). The van der Waals surface area contributed by atoms with Gasteiger partial charge in [-0.2, -0.15) is 5.26 Å². The number of nitriles is 1. The van der Waals surface area contributed by atoms with Gasteiger partial charge in [-0.1, -0.05) is 11.6 Å². The van der Waals surface area contributed by atoms with E-state index in [1.165, 1.54) is 0 Å². The van der Waals surface area contributed by atoms with E-state index in [-0.39, 0.29) is 39.5 Å². The van der Waals surface area contributed by atoms with Crippen LogP contribution in [0.1, 0.15) is 47.2 Å². The third kappa shape index (κ3) is 4.74. The molecule has 1 aliphatic rings. The van der Waals surface area contributed by atoms with Crippen molar-refractivity contribution in [2.24, 2.45) is 0 Å². The topological polar surface area (TPSA) is 79.9 Å². The van der Waals surface area contributed by atoms with E-state index >= 15 is 0 Å². The number of ether oxygens (including phenoxy) is 1. The molecule has 0 spiro atoms. The molecule has 0 radical (unpaired) electrons. The van der Waals surface area contributed by atoms with Crippen LogP contribution in [0, 0.1) is 18.3 Å². The molecule has 1 aromatic carbocycles. The number of nitrogens with one attached hydrogen (secondary N) is 1. The summed E-state index contributed by atoms with van der Waals surface area (Å²) in [7, 11) is 0. The van der Waals surface area contributed by atoms with E-state index < -0.39 is 0 Å². The molecule has 2 aromatic rings. The Morgan fingerprint density at radius 2 is 2.15 bits per heavy atom. The van der Waals surface area contributed by atoms with Gasteiger partial charge in [0.2, 0.25) is 0 Å². The molecule has 0 atom stereocenters. The predicted molar refractivity (Wildman–Crippen MR) is 98.6 cm³/mol. The van der Waals surface area contributed by atoms with E-state index in [1.807, 2.05) is 22.1 Å². The fourth-order valence-electron chi connectivity index (χ4n) is 3.16. The van der Waals surface area contributed by atoms with Crippen molar-refractivity contribution in [1.82, 2.24) is 13.3 Å². The molecule has 6 nitrogen and oxygen atoms in total. The molecule has 27 heavy (non-hydrogen) atoms. The molecule has 1 heterocycles. The van der Waals surface area contributed by atoms with Crippen LogP contribution in [-0.4, -0.2) is 31.0 Å². The molecule has 1 aromatic heterocycles. The van der Waals surface area contributed by atoms with E-state index in [9.17, 15) is 4.79 Å². The SMILES string of the molecule is C[I-]n1cc(C(=O)NC2CCC(Oc3ccc(C#N)c(Cl)c3C)CC2)cn1. The first-order chi connectivity index (χ1) is 13.0. The summed E-state index contributed by atoms with van der Waals surface area (Å²) in [6, 6.07) is 5.73. The Balaban J connectivity index is 1.53. The monoisotopic (exact) mass is 499 g/mol. The second-order valence-corrected chi connectivity index (χ2v) is 8.85. The minimum absolute atomic E-state index is 0.0576. The summed E-state index contributed by atoms with van der Waals surface area (Å²) in [5, 5.41) is 16.8. The third-order valence-electron chi connectivity index (χ3n) is 4.75. The second kappa shape index (κ2) is 8.93. The number of hydrogen-bond acceptors (Lipinski definition) is 4. The number of aromatic nitrogens is 2. The van der Waals surface area contributed by atoms with Gasteiger partial charge in [0.05, 0.1) is 10.6 Å². The van der Waals surface area contributed by atoms with Crippen LogP contribution in [0.3, 0.4) is 0 Å². The summed E-state index contributed by atoms with van der Waals surface area (Å²) in [4.78, 5) is 14.4. The molecule has 0 unspecified atom stereocenters. The summed E-state index contributed by atoms with van der Waals surface area (Å²) < 4.78 is 7.96. The van der Waals surface area contributed by atoms with Crippen molar-refractivity contribution in [1.29, 1.82) is 5.26 Å². The second-order valence-electron chi connectivity index (χ2n) is 6.51. The Morgan fingerprint density at radius 1 is 1.41 bits per heavy atom. The zero-order chi connectivity index (χ0) is 19.4. The number of benzene rings is 1. The van der Waals surface area contributed by atoms with Gasteiger partial charge in [0, 0.05) is 0 Å². The van der Waals surface area contributed by atoms with Gasteiger partial charge in [-0.3, -0.25) is 0 Å². The van der Waals surface area contributed by atoms with Crippen LogP contribution in [0.15, 0.2) is 24.5 Å². The van der Waals surface area contributed by atoms with Crippen LogP contribution in [-0.2, 0) is 0 Å². The number of alkyl halides is 1. The van der Waals surface area contributed by atoms with Gasteiger partial charge in [0.1, 0.15) is 6.07 Å². The number of carbonyl (C=O) groups excluding carboxylic acids is 1. The average Bonchev–Trinajstić information content (AvgIpc) is 3.16. The van der Waals surface area contributed by atoms with Gasteiger partial charge >= 0.3 is 128 Å². The minimum atomic E-state index is -0.174. The molecule has 1 amide bonds. The van der Waals surface area contributed by atoms with Crippen LogP contribution in [0.25, 0.3) is 0 Å². The molecule has 0 aliphatic heterocycles. The van der Waals surface area contributed by atoms with Gasteiger partial charge in [-0.15, -0.1) is 0 Å². The zero-order valence-electron chi connectivity index (χ0n) is 15.2. The van der Waals surface area contributed by atoms with E-state index in [1.54, 1.807) is 12.3 Å². The molecule has 0 saturated heterocycles. The Hall–Kier alpha value is -1.79. The maximum atomic E-state index is 12.3. The molecule has 1 aliphatic carbocycles. The fourth-order valence-corrected chi connectivity index (χ4v) is 4.31. The van der Waals surface area contributed by atoms with Crippen molar-refractivity contribution in [3.8, 4) is 11.8 Å². The number of halogens is 2. The van der Waals surface area contributed by atoms with Gasteiger partial charge in [-0.25, -0.2) is 0 Å². The Bertz CT molecular complexity index is 869.